The van der Waals surface area contributed by atoms with Gasteiger partial charge in [0.05, 0.1) is 0 Å². The van der Waals surface area contributed by atoms with E-state index in [1.54, 1.807) is 0 Å². The van der Waals surface area contributed by atoms with Crippen molar-refractivity contribution in [3.63, 3.8) is 0 Å². The second kappa shape index (κ2) is 3.90. The van der Waals surface area contributed by atoms with Crippen LogP contribution < -0.4 is 0 Å². The Bertz CT molecular complexity index is 390. The fourth-order valence-corrected chi connectivity index (χ4v) is 1.47. The number of alkyl halides is 12. The van der Waals surface area contributed by atoms with Crippen molar-refractivity contribution in [2.75, 3.05) is 0 Å². The number of ether oxygens (including phenoxy) is 1. The zero-order valence-corrected chi connectivity index (χ0v) is 11.1. The van der Waals surface area contributed by atoms with Crippen LogP contribution in [0.3, 0.4) is 0 Å². The molecule has 1 aliphatic rings. The Hall–Kier alpha value is 0.220. The Morgan fingerprint density at radius 2 is 1.11 bits per heavy atom. The molecule has 0 N–H and O–H groups in total. The second-order valence-corrected chi connectivity index (χ2v) is 5.52. The van der Waals surface area contributed by atoms with Crippen molar-refractivity contribution in [2.45, 2.75) is 33.2 Å². The molecule has 1 aliphatic heterocycles. The van der Waals surface area contributed by atoms with Crippen LogP contribution in [-0.4, -0.2) is 33.2 Å². The molecule has 19 heavy (non-hydrogen) atoms. The van der Waals surface area contributed by atoms with Crippen molar-refractivity contribution in [1.29, 1.82) is 0 Å². The lowest BCUT2D eigenvalue weighted by Gasteiger charge is -2.36. The molecule has 1 saturated heterocycles. The largest absolute Gasteiger partial charge is 0.424 e. The van der Waals surface area contributed by atoms with Crippen LogP contribution in [0.2, 0.25) is 0 Å². The van der Waals surface area contributed by atoms with E-state index in [1.807, 2.05) is 0 Å². The third-order valence-corrected chi connectivity index (χ3v) is 4.22. The lowest BCUT2D eigenvalue weighted by Crippen LogP contribution is -2.64. The lowest BCUT2D eigenvalue weighted by atomic mass is 10.0. The molecule has 2 unspecified atom stereocenters. The molecule has 1 nitrogen and oxygen atoms in total. The van der Waals surface area contributed by atoms with Gasteiger partial charge in [-0.2, -0.15) is 39.5 Å². The molecule has 0 aromatic carbocycles. The standard InChI is InChI=1S/C6Br2F10O/c7-1(9,5(8,15)16)2(10,11)3(12,13)4(14)6(17,18)19-4. The Labute approximate surface area is 114 Å². The van der Waals surface area contributed by atoms with Gasteiger partial charge in [0.2, 0.25) is 0 Å². The number of hydrogen-bond acceptors (Lipinski definition) is 1. The summed E-state index contributed by atoms with van der Waals surface area (Å²) in [5.41, 5.74) is 0. The number of halogens is 12. The summed E-state index contributed by atoms with van der Waals surface area (Å²) in [6, 6.07) is 0. The van der Waals surface area contributed by atoms with Gasteiger partial charge in [-0.05, 0) is 31.9 Å². The molecule has 0 aromatic heterocycles. The van der Waals surface area contributed by atoms with Crippen LogP contribution in [0.5, 0.6) is 0 Å². The number of epoxide rings is 1. The van der Waals surface area contributed by atoms with Crippen LogP contribution in [0.25, 0.3) is 0 Å². The zero-order valence-electron chi connectivity index (χ0n) is 7.94. The smallest absolute Gasteiger partial charge is 0.265 e. The maximum absolute atomic E-state index is 13.1. The molecule has 0 saturated carbocycles. The van der Waals surface area contributed by atoms with Gasteiger partial charge >= 0.3 is 33.2 Å². The summed E-state index contributed by atoms with van der Waals surface area (Å²) in [7, 11) is 0. The molecule has 13 heteroatoms. The van der Waals surface area contributed by atoms with E-state index in [4.69, 9.17) is 0 Å². The van der Waals surface area contributed by atoms with Crippen molar-refractivity contribution < 1.29 is 48.6 Å². The van der Waals surface area contributed by atoms with Crippen LogP contribution in [0.4, 0.5) is 43.9 Å². The van der Waals surface area contributed by atoms with Gasteiger partial charge in [0, 0.05) is 0 Å². The zero-order chi connectivity index (χ0) is 15.7. The maximum Gasteiger partial charge on any atom is 0.424 e. The Balaban J connectivity index is 3.28. The topological polar surface area (TPSA) is 12.5 Å². The van der Waals surface area contributed by atoms with E-state index >= 15 is 0 Å². The minimum Gasteiger partial charge on any atom is -0.265 e. The van der Waals surface area contributed by atoms with E-state index in [1.165, 1.54) is 0 Å². The summed E-state index contributed by atoms with van der Waals surface area (Å²) in [5.74, 6) is -18.8. The summed E-state index contributed by atoms with van der Waals surface area (Å²) in [6.07, 6.45) is -5.36. The van der Waals surface area contributed by atoms with E-state index in [2.05, 4.69) is 4.74 Å². The Morgan fingerprint density at radius 1 is 0.789 bits per heavy atom. The normalized spacial score (nSPS) is 30.9. The summed E-state index contributed by atoms with van der Waals surface area (Å²) in [4.78, 5) is -5.33. The van der Waals surface area contributed by atoms with E-state index < -0.39 is 33.2 Å². The van der Waals surface area contributed by atoms with Crippen LogP contribution in [-0.2, 0) is 4.74 Å². The van der Waals surface area contributed by atoms with E-state index in [0.717, 1.165) is 31.9 Å². The first-order valence-corrected chi connectivity index (χ1v) is 5.51. The molecule has 0 radical (unpaired) electrons. The predicted molar refractivity (Wildman–Crippen MR) is 46.4 cm³/mol. The summed E-state index contributed by atoms with van der Waals surface area (Å²) in [6.45, 7) is 0. The number of hydrogen-bond donors (Lipinski definition) is 0. The monoisotopic (exact) mass is 436 g/mol. The molecule has 0 bridgehead atoms. The van der Waals surface area contributed by atoms with Gasteiger partial charge in [-0.25, -0.2) is 4.39 Å². The highest BCUT2D eigenvalue weighted by Crippen LogP contribution is 2.68. The third-order valence-electron chi connectivity index (χ3n) is 2.15. The van der Waals surface area contributed by atoms with Crippen molar-refractivity contribution in [3.05, 3.63) is 0 Å². The average molecular weight is 438 g/mol. The van der Waals surface area contributed by atoms with Crippen LogP contribution >= 0.6 is 31.9 Å². The van der Waals surface area contributed by atoms with Gasteiger partial charge in [-0.3, -0.25) is 4.74 Å². The molecule has 114 valence electrons. The quantitative estimate of drug-likeness (QED) is 0.356. The van der Waals surface area contributed by atoms with Crippen LogP contribution in [0.1, 0.15) is 0 Å². The first-order chi connectivity index (χ1) is 7.96. The molecule has 0 amide bonds. The van der Waals surface area contributed by atoms with Crippen molar-refractivity contribution >= 4 is 31.9 Å². The van der Waals surface area contributed by atoms with Crippen molar-refractivity contribution in [2.24, 2.45) is 0 Å². The minimum absolute atomic E-state index is 0.957. The highest BCUT2D eigenvalue weighted by Gasteiger charge is 2.97. The number of rotatable bonds is 4. The second-order valence-electron chi connectivity index (χ2n) is 3.44. The molecule has 0 aromatic rings. The van der Waals surface area contributed by atoms with Gasteiger partial charge in [0.15, 0.2) is 0 Å². The molecule has 2 atom stereocenters. The van der Waals surface area contributed by atoms with Crippen LogP contribution in [0.15, 0.2) is 0 Å². The first-order valence-electron chi connectivity index (χ1n) is 3.93. The molecule has 0 aliphatic carbocycles. The molecule has 1 heterocycles. The maximum atomic E-state index is 13.1. The fourth-order valence-electron chi connectivity index (χ4n) is 0.975. The summed E-state index contributed by atoms with van der Waals surface area (Å²) < 4.78 is 124. The van der Waals surface area contributed by atoms with Gasteiger partial charge in [-0.1, -0.05) is 0 Å². The average Bonchev–Trinajstić information content (AvgIpc) is 2.65. The molecule has 1 rings (SSSR count). The van der Waals surface area contributed by atoms with Gasteiger partial charge in [-0.15, -0.1) is 0 Å². The highest BCUT2D eigenvalue weighted by atomic mass is 79.9. The van der Waals surface area contributed by atoms with Gasteiger partial charge in [0.25, 0.3) is 0 Å². The first kappa shape index (κ1) is 17.3. The van der Waals surface area contributed by atoms with E-state index in [0.29, 0.717) is 0 Å². The molecule has 0 spiro atoms. The van der Waals surface area contributed by atoms with Gasteiger partial charge < -0.3 is 0 Å². The Kier molecular flexibility index (Phi) is 3.55. The molecular formula is C6Br2F10O. The SMILES string of the molecule is FC(F)(Br)C(F)(Br)C(F)(F)C(F)(F)C1(F)OC1(F)F. The highest BCUT2D eigenvalue weighted by molar-refractivity contribution is 9.12. The van der Waals surface area contributed by atoms with Crippen molar-refractivity contribution in [3.8, 4) is 0 Å². The molecule has 1 fully saturated rings. The Morgan fingerprint density at radius 3 is 1.32 bits per heavy atom. The minimum atomic E-state index is -6.58. The lowest BCUT2D eigenvalue weighted by molar-refractivity contribution is -0.314. The van der Waals surface area contributed by atoms with Gasteiger partial charge in [0.1, 0.15) is 0 Å². The summed E-state index contributed by atoms with van der Waals surface area (Å²) in [5, 5.41) is 0. The van der Waals surface area contributed by atoms with E-state index in [9.17, 15) is 43.9 Å². The third kappa shape index (κ3) is 1.98. The molecular weight excluding hydrogens is 438 g/mol. The fraction of sp³-hybridized carbons (Fsp3) is 1.00. The predicted octanol–water partition coefficient (Wildman–Crippen LogP) is 4.59. The van der Waals surface area contributed by atoms with Crippen molar-refractivity contribution in [1.82, 2.24) is 0 Å². The van der Waals surface area contributed by atoms with E-state index in [-0.39, 0.29) is 0 Å². The summed E-state index contributed by atoms with van der Waals surface area (Å²) >= 11 is 1.98. The van der Waals surface area contributed by atoms with Crippen LogP contribution in [0, 0.1) is 0 Å².